The van der Waals surface area contributed by atoms with E-state index in [1.807, 2.05) is 6.92 Å². The van der Waals surface area contributed by atoms with Crippen molar-refractivity contribution in [3.63, 3.8) is 0 Å². The zero-order chi connectivity index (χ0) is 10.8. The number of rotatable bonds is 2. The number of carbonyl (C=O) groups is 1. The van der Waals surface area contributed by atoms with Crippen LogP contribution in [0.25, 0.3) is 0 Å². The molecule has 3 heteroatoms. The lowest BCUT2D eigenvalue weighted by molar-refractivity contribution is 0.111. The minimum Gasteiger partial charge on any atom is -0.356 e. The van der Waals surface area contributed by atoms with E-state index in [-0.39, 0.29) is 0 Å². The Morgan fingerprint density at radius 2 is 2.13 bits per heavy atom. The van der Waals surface area contributed by atoms with Crippen LogP contribution in [-0.4, -0.2) is 36.3 Å². The zero-order valence-corrected chi connectivity index (χ0v) is 9.42. The molecule has 0 spiro atoms. The predicted molar refractivity (Wildman–Crippen MR) is 60.4 cm³/mol. The van der Waals surface area contributed by atoms with Crippen LogP contribution in [0.3, 0.4) is 0 Å². The van der Waals surface area contributed by atoms with Crippen molar-refractivity contribution in [3.8, 4) is 0 Å². The summed E-state index contributed by atoms with van der Waals surface area (Å²) in [6, 6.07) is 2.12. The molecule has 0 aliphatic carbocycles. The molecule has 0 atom stereocenters. The molecule has 82 valence electrons. The Hall–Kier alpha value is -1.09. The average Bonchev–Trinajstić information content (AvgIpc) is 2.61. The summed E-state index contributed by atoms with van der Waals surface area (Å²) in [6.45, 7) is 4.27. The molecule has 15 heavy (non-hydrogen) atoms. The number of nitrogens with zero attached hydrogens (tertiary/aromatic N) is 1. The van der Waals surface area contributed by atoms with E-state index >= 15 is 0 Å². The number of hydrogen-bond acceptors (Lipinski definition) is 2. The third kappa shape index (κ3) is 2.12. The molecule has 0 aromatic carbocycles. The number of aryl methyl sites for hydroxylation is 1. The van der Waals surface area contributed by atoms with Crippen LogP contribution in [0.5, 0.6) is 0 Å². The van der Waals surface area contributed by atoms with E-state index < -0.39 is 0 Å². The Bertz CT molecular complexity index is 349. The van der Waals surface area contributed by atoms with Crippen LogP contribution in [0.1, 0.15) is 40.5 Å². The maximum Gasteiger partial charge on any atom is 0.166 e. The van der Waals surface area contributed by atoms with Crippen molar-refractivity contribution in [2.24, 2.45) is 0 Å². The first-order chi connectivity index (χ1) is 7.20. The van der Waals surface area contributed by atoms with Gasteiger partial charge in [0.2, 0.25) is 0 Å². The Balaban J connectivity index is 2.18. The molecule has 0 unspecified atom stereocenters. The fourth-order valence-electron chi connectivity index (χ4n) is 2.39. The molecular formula is C12H18N2O. The molecule has 1 aromatic heterocycles. The number of likely N-dealkylation sites (tertiary alicyclic amines) is 1. The number of aromatic nitrogens is 1. The second-order valence-corrected chi connectivity index (χ2v) is 4.52. The summed E-state index contributed by atoms with van der Waals surface area (Å²) in [6.07, 6.45) is 3.27. The van der Waals surface area contributed by atoms with Crippen molar-refractivity contribution >= 4 is 6.29 Å². The van der Waals surface area contributed by atoms with Gasteiger partial charge in [-0.15, -0.1) is 0 Å². The fraction of sp³-hybridized carbons (Fsp3) is 0.583. The summed E-state index contributed by atoms with van der Waals surface area (Å²) in [5.74, 6) is 0.561. The number of hydrogen-bond donors (Lipinski definition) is 1. The minimum absolute atomic E-state index is 0.561. The van der Waals surface area contributed by atoms with Crippen LogP contribution in [0.4, 0.5) is 0 Å². The first-order valence-corrected chi connectivity index (χ1v) is 5.54. The van der Waals surface area contributed by atoms with E-state index in [4.69, 9.17) is 0 Å². The lowest BCUT2D eigenvalue weighted by Crippen LogP contribution is -2.29. The highest BCUT2D eigenvalue weighted by Crippen LogP contribution is 2.29. The van der Waals surface area contributed by atoms with Crippen molar-refractivity contribution in [1.82, 2.24) is 9.88 Å². The van der Waals surface area contributed by atoms with Crippen molar-refractivity contribution in [1.29, 1.82) is 0 Å². The highest BCUT2D eigenvalue weighted by molar-refractivity contribution is 5.75. The van der Waals surface area contributed by atoms with Crippen LogP contribution in [0.15, 0.2) is 6.07 Å². The summed E-state index contributed by atoms with van der Waals surface area (Å²) < 4.78 is 0. The largest absolute Gasteiger partial charge is 0.356 e. The van der Waals surface area contributed by atoms with Crippen molar-refractivity contribution in [2.75, 3.05) is 20.1 Å². The number of H-pyrrole nitrogens is 1. The van der Waals surface area contributed by atoms with E-state index in [1.54, 1.807) is 0 Å². The van der Waals surface area contributed by atoms with Crippen LogP contribution in [-0.2, 0) is 0 Å². The molecule has 0 bridgehead atoms. The zero-order valence-electron chi connectivity index (χ0n) is 9.42. The lowest BCUT2D eigenvalue weighted by Gasteiger charge is -2.28. The highest BCUT2D eigenvalue weighted by Gasteiger charge is 2.21. The molecular weight excluding hydrogens is 188 g/mol. The lowest BCUT2D eigenvalue weighted by atomic mass is 9.89. The highest BCUT2D eigenvalue weighted by atomic mass is 16.1. The van der Waals surface area contributed by atoms with E-state index in [0.29, 0.717) is 5.92 Å². The minimum atomic E-state index is 0.561. The molecule has 1 aromatic rings. The third-order valence-electron chi connectivity index (χ3n) is 3.29. The molecule has 1 saturated heterocycles. The topological polar surface area (TPSA) is 36.1 Å². The number of piperidine rings is 1. The Labute approximate surface area is 90.5 Å². The molecule has 0 radical (unpaired) electrons. The Kier molecular flexibility index (Phi) is 2.91. The predicted octanol–water partition coefficient (Wildman–Crippen LogP) is 1.94. The standard InChI is InChI=1S/C12H18N2O/c1-9-7-11(12(8-15)13-9)10-3-5-14(2)6-4-10/h7-8,10,13H,3-6H2,1-2H3. The summed E-state index contributed by atoms with van der Waals surface area (Å²) in [5, 5.41) is 0. The van der Waals surface area contributed by atoms with Crippen LogP contribution < -0.4 is 0 Å². The van der Waals surface area contributed by atoms with Crippen LogP contribution >= 0.6 is 0 Å². The van der Waals surface area contributed by atoms with Gasteiger partial charge in [-0.3, -0.25) is 4.79 Å². The van der Waals surface area contributed by atoms with Crippen LogP contribution in [0.2, 0.25) is 0 Å². The molecule has 1 aliphatic rings. The quantitative estimate of drug-likeness (QED) is 0.751. The smallest absolute Gasteiger partial charge is 0.166 e. The molecule has 2 rings (SSSR count). The van der Waals surface area contributed by atoms with Gasteiger partial charge < -0.3 is 9.88 Å². The molecule has 3 nitrogen and oxygen atoms in total. The monoisotopic (exact) mass is 206 g/mol. The van der Waals surface area contributed by atoms with Gasteiger partial charge in [0.1, 0.15) is 0 Å². The first-order valence-electron chi connectivity index (χ1n) is 5.54. The third-order valence-corrected chi connectivity index (χ3v) is 3.29. The molecule has 0 amide bonds. The second kappa shape index (κ2) is 4.19. The van der Waals surface area contributed by atoms with Crippen molar-refractivity contribution in [3.05, 3.63) is 23.0 Å². The number of nitrogens with one attached hydrogen (secondary N) is 1. The van der Waals surface area contributed by atoms with Gasteiger partial charge in [-0.05, 0) is 57.5 Å². The van der Waals surface area contributed by atoms with Crippen molar-refractivity contribution in [2.45, 2.75) is 25.7 Å². The molecule has 1 aliphatic heterocycles. The van der Waals surface area contributed by atoms with Gasteiger partial charge >= 0.3 is 0 Å². The van der Waals surface area contributed by atoms with Crippen molar-refractivity contribution < 1.29 is 4.79 Å². The fourth-order valence-corrected chi connectivity index (χ4v) is 2.39. The van der Waals surface area contributed by atoms with E-state index in [9.17, 15) is 4.79 Å². The summed E-state index contributed by atoms with van der Waals surface area (Å²) in [7, 11) is 2.15. The first kappa shape index (κ1) is 10.4. The molecule has 2 heterocycles. The summed E-state index contributed by atoms with van der Waals surface area (Å²) >= 11 is 0. The number of carbonyl (C=O) groups excluding carboxylic acids is 1. The average molecular weight is 206 g/mol. The van der Waals surface area contributed by atoms with Gasteiger partial charge in [0, 0.05) is 5.69 Å². The van der Waals surface area contributed by atoms with E-state index in [2.05, 4.69) is 23.0 Å². The van der Waals surface area contributed by atoms with Gasteiger partial charge in [0.15, 0.2) is 6.29 Å². The molecule has 0 saturated carbocycles. The number of aldehydes is 1. The van der Waals surface area contributed by atoms with E-state index in [1.165, 1.54) is 5.56 Å². The SMILES string of the molecule is Cc1cc(C2CCN(C)CC2)c(C=O)[nH]1. The Morgan fingerprint density at radius 3 is 2.73 bits per heavy atom. The molecule has 1 N–H and O–H groups in total. The van der Waals surface area contributed by atoms with Gasteiger partial charge in [0.05, 0.1) is 5.69 Å². The second-order valence-electron chi connectivity index (χ2n) is 4.52. The Morgan fingerprint density at radius 1 is 1.47 bits per heavy atom. The maximum atomic E-state index is 10.9. The summed E-state index contributed by atoms with van der Waals surface area (Å²) in [5.41, 5.74) is 3.09. The number of aromatic amines is 1. The van der Waals surface area contributed by atoms with Gasteiger partial charge in [-0.1, -0.05) is 0 Å². The maximum absolute atomic E-state index is 10.9. The van der Waals surface area contributed by atoms with E-state index in [0.717, 1.165) is 43.6 Å². The van der Waals surface area contributed by atoms with Gasteiger partial charge in [-0.25, -0.2) is 0 Å². The molecule has 1 fully saturated rings. The van der Waals surface area contributed by atoms with Crippen LogP contribution in [0, 0.1) is 6.92 Å². The van der Waals surface area contributed by atoms with Gasteiger partial charge in [-0.2, -0.15) is 0 Å². The van der Waals surface area contributed by atoms with Gasteiger partial charge in [0.25, 0.3) is 0 Å². The normalized spacial score (nSPS) is 19.3. The summed E-state index contributed by atoms with van der Waals surface area (Å²) in [4.78, 5) is 16.4.